The summed E-state index contributed by atoms with van der Waals surface area (Å²) in [5.41, 5.74) is 3.35. The van der Waals surface area contributed by atoms with E-state index >= 15 is 0 Å². The number of thiazole rings is 1. The maximum absolute atomic E-state index is 13.5. The van der Waals surface area contributed by atoms with Gasteiger partial charge in [-0.05, 0) is 54.8 Å². The van der Waals surface area contributed by atoms with Crippen LogP contribution in [0.5, 0.6) is 5.75 Å². The van der Waals surface area contributed by atoms with Crippen LogP contribution in [0.15, 0.2) is 42.6 Å². The molecule has 27 heavy (non-hydrogen) atoms. The first kappa shape index (κ1) is 19.0. The molecule has 1 unspecified atom stereocenters. The largest absolute Gasteiger partial charge is 0.496 e. The Hall–Kier alpha value is -2.73. The molecule has 1 heterocycles. The van der Waals surface area contributed by atoms with E-state index < -0.39 is 11.9 Å². The SMILES string of the molecule is COc1ccc(-c2ccc(F)cc2C)cc1C(CC(=O)O)c1ncc(C)s1. The first-order chi connectivity index (χ1) is 12.9. The number of carbonyl (C=O) groups is 1. The lowest BCUT2D eigenvalue weighted by Gasteiger charge is -2.18. The molecule has 0 bridgehead atoms. The molecule has 0 fully saturated rings. The summed E-state index contributed by atoms with van der Waals surface area (Å²) in [5.74, 6) is -1.00. The number of halogens is 1. The zero-order chi connectivity index (χ0) is 19.6. The first-order valence-electron chi connectivity index (χ1n) is 8.47. The van der Waals surface area contributed by atoms with Crippen molar-refractivity contribution in [2.75, 3.05) is 7.11 Å². The van der Waals surface area contributed by atoms with Gasteiger partial charge < -0.3 is 9.84 Å². The Balaban J connectivity index is 2.14. The number of aromatic nitrogens is 1. The second kappa shape index (κ2) is 7.88. The van der Waals surface area contributed by atoms with E-state index in [4.69, 9.17) is 4.74 Å². The Morgan fingerprint density at radius 2 is 2.04 bits per heavy atom. The van der Waals surface area contributed by atoms with Crippen LogP contribution >= 0.6 is 11.3 Å². The third kappa shape index (κ3) is 4.17. The molecule has 1 N–H and O–H groups in total. The van der Waals surface area contributed by atoms with Gasteiger partial charge in [-0.15, -0.1) is 11.3 Å². The van der Waals surface area contributed by atoms with Gasteiger partial charge in [-0.2, -0.15) is 0 Å². The molecule has 0 amide bonds. The van der Waals surface area contributed by atoms with Crippen molar-refractivity contribution in [1.29, 1.82) is 0 Å². The van der Waals surface area contributed by atoms with Gasteiger partial charge in [0.25, 0.3) is 0 Å². The Labute approximate surface area is 161 Å². The fraction of sp³-hybridized carbons (Fsp3) is 0.238. The van der Waals surface area contributed by atoms with Crippen LogP contribution < -0.4 is 4.74 Å². The van der Waals surface area contributed by atoms with E-state index in [1.807, 2.05) is 32.0 Å². The van der Waals surface area contributed by atoms with Gasteiger partial charge in [0.1, 0.15) is 16.6 Å². The number of ether oxygens (including phenoxy) is 1. The fourth-order valence-corrected chi connectivity index (χ4v) is 4.06. The standard InChI is InChI=1S/C21H20FNO3S/c1-12-8-15(22)5-6-16(12)14-4-7-19(26-3)17(9-14)18(10-20(24)25)21-23-11-13(2)27-21/h4-9,11,18H,10H2,1-3H3,(H,24,25). The highest BCUT2D eigenvalue weighted by Crippen LogP contribution is 2.39. The van der Waals surface area contributed by atoms with Gasteiger partial charge >= 0.3 is 5.97 Å². The van der Waals surface area contributed by atoms with Crippen molar-refractivity contribution >= 4 is 17.3 Å². The molecule has 4 nitrogen and oxygen atoms in total. The van der Waals surface area contributed by atoms with Crippen LogP contribution in [-0.2, 0) is 4.79 Å². The van der Waals surface area contributed by atoms with Crippen molar-refractivity contribution in [2.45, 2.75) is 26.2 Å². The summed E-state index contributed by atoms with van der Waals surface area (Å²) in [5, 5.41) is 10.2. The van der Waals surface area contributed by atoms with Crippen molar-refractivity contribution in [3.8, 4) is 16.9 Å². The monoisotopic (exact) mass is 385 g/mol. The second-order valence-corrected chi connectivity index (χ2v) is 7.64. The minimum absolute atomic E-state index is 0.0881. The third-order valence-electron chi connectivity index (χ3n) is 4.42. The van der Waals surface area contributed by atoms with Gasteiger partial charge in [0.05, 0.1) is 19.4 Å². The first-order valence-corrected chi connectivity index (χ1v) is 9.29. The van der Waals surface area contributed by atoms with Crippen molar-refractivity contribution in [1.82, 2.24) is 4.98 Å². The van der Waals surface area contributed by atoms with Gasteiger partial charge in [-0.3, -0.25) is 4.79 Å². The summed E-state index contributed by atoms with van der Waals surface area (Å²) in [6.07, 6.45) is 1.66. The van der Waals surface area contributed by atoms with E-state index in [1.54, 1.807) is 19.4 Å². The van der Waals surface area contributed by atoms with E-state index in [2.05, 4.69) is 4.98 Å². The van der Waals surface area contributed by atoms with Crippen LogP contribution in [0.4, 0.5) is 4.39 Å². The summed E-state index contributed by atoms with van der Waals surface area (Å²) in [4.78, 5) is 16.9. The van der Waals surface area contributed by atoms with Crippen LogP contribution in [0.25, 0.3) is 11.1 Å². The minimum atomic E-state index is -0.904. The third-order valence-corrected chi connectivity index (χ3v) is 5.45. The van der Waals surface area contributed by atoms with Crippen molar-refractivity contribution in [2.24, 2.45) is 0 Å². The van der Waals surface area contributed by atoms with E-state index in [-0.39, 0.29) is 12.2 Å². The van der Waals surface area contributed by atoms with Gasteiger partial charge in [0, 0.05) is 16.6 Å². The molecule has 0 aliphatic heterocycles. The highest BCUT2D eigenvalue weighted by molar-refractivity contribution is 7.11. The van der Waals surface area contributed by atoms with Gasteiger partial charge in [-0.25, -0.2) is 9.37 Å². The summed E-state index contributed by atoms with van der Waals surface area (Å²) in [6, 6.07) is 10.3. The Morgan fingerprint density at radius 3 is 2.63 bits per heavy atom. The van der Waals surface area contributed by atoms with E-state index in [0.717, 1.165) is 32.1 Å². The molecule has 0 spiro atoms. The van der Waals surface area contributed by atoms with Gasteiger partial charge in [-0.1, -0.05) is 12.1 Å². The van der Waals surface area contributed by atoms with Gasteiger partial charge in [0.15, 0.2) is 0 Å². The molecule has 1 atom stereocenters. The molecule has 0 aliphatic carbocycles. The van der Waals surface area contributed by atoms with E-state index in [1.165, 1.54) is 23.5 Å². The summed E-state index contributed by atoms with van der Waals surface area (Å²) >= 11 is 1.48. The van der Waals surface area contributed by atoms with Crippen molar-refractivity contribution in [3.05, 3.63) is 69.4 Å². The normalized spacial score (nSPS) is 12.0. The van der Waals surface area contributed by atoms with Crippen molar-refractivity contribution < 1.29 is 19.0 Å². The molecule has 2 aromatic carbocycles. The number of rotatable bonds is 6. The molecule has 0 aliphatic rings. The number of hydrogen-bond donors (Lipinski definition) is 1. The average molecular weight is 385 g/mol. The van der Waals surface area contributed by atoms with Crippen molar-refractivity contribution in [3.63, 3.8) is 0 Å². The maximum Gasteiger partial charge on any atom is 0.304 e. The van der Waals surface area contributed by atoms with Gasteiger partial charge in [0.2, 0.25) is 0 Å². The average Bonchev–Trinajstić information content (AvgIpc) is 3.05. The Morgan fingerprint density at radius 1 is 1.26 bits per heavy atom. The predicted octanol–water partition coefficient (Wildman–Crippen LogP) is 5.18. The quantitative estimate of drug-likeness (QED) is 0.635. The lowest BCUT2D eigenvalue weighted by Crippen LogP contribution is -2.09. The molecule has 6 heteroatoms. The number of methoxy groups -OCH3 is 1. The summed E-state index contributed by atoms with van der Waals surface area (Å²) in [6.45, 7) is 3.79. The highest BCUT2D eigenvalue weighted by Gasteiger charge is 2.25. The van der Waals surface area contributed by atoms with Crippen LogP contribution in [0, 0.1) is 19.7 Å². The number of hydrogen-bond acceptors (Lipinski definition) is 4. The molecule has 0 saturated heterocycles. The molecule has 140 valence electrons. The summed E-state index contributed by atoms with van der Waals surface area (Å²) < 4.78 is 19.0. The van der Waals surface area contributed by atoms with Crippen LogP contribution in [0.2, 0.25) is 0 Å². The lowest BCUT2D eigenvalue weighted by molar-refractivity contribution is -0.137. The number of aryl methyl sites for hydroxylation is 2. The van der Waals surface area contributed by atoms with E-state index in [9.17, 15) is 14.3 Å². The van der Waals surface area contributed by atoms with E-state index in [0.29, 0.717) is 5.75 Å². The number of benzene rings is 2. The molecule has 3 rings (SSSR count). The van der Waals surface area contributed by atoms with Crippen LogP contribution in [-0.4, -0.2) is 23.2 Å². The molecule has 0 saturated carbocycles. The zero-order valence-corrected chi connectivity index (χ0v) is 16.1. The minimum Gasteiger partial charge on any atom is -0.496 e. The topological polar surface area (TPSA) is 59.4 Å². The smallest absolute Gasteiger partial charge is 0.304 e. The molecule has 0 radical (unpaired) electrons. The fourth-order valence-electron chi connectivity index (χ4n) is 3.16. The number of nitrogens with zero attached hydrogens (tertiary/aromatic N) is 1. The Kier molecular flexibility index (Phi) is 5.56. The van der Waals surface area contributed by atoms with Crippen LogP contribution in [0.3, 0.4) is 0 Å². The molecule has 1 aromatic heterocycles. The molecular formula is C21H20FNO3S. The Bertz CT molecular complexity index is 983. The zero-order valence-electron chi connectivity index (χ0n) is 15.3. The maximum atomic E-state index is 13.5. The summed E-state index contributed by atoms with van der Waals surface area (Å²) in [7, 11) is 1.56. The second-order valence-electron chi connectivity index (χ2n) is 6.38. The number of aliphatic carboxylic acids is 1. The number of carboxylic acids is 1. The highest BCUT2D eigenvalue weighted by atomic mass is 32.1. The molecule has 3 aromatic rings. The van der Waals surface area contributed by atoms with Crippen LogP contribution in [0.1, 0.15) is 33.4 Å². The number of carboxylic acid groups (broad SMARTS) is 1. The predicted molar refractivity (Wildman–Crippen MR) is 104 cm³/mol. The lowest BCUT2D eigenvalue weighted by atomic mass is 9.91. The molecular weight excluding hydrogens is 365 g/mol.